The molecule has 106 valence electrons. The van der Waals surface area contributed by atoms with Crippen LogP contribution in [0, 0.1) is 22.7 Å². The van der Waals surface area contributed by atoms with Gasteiger partial charge in [0.15, 0.2) is 0 Å². The number of nitrogens with one attached hydrogen (secondary N) is 1. The Kier molecular flexibility index (Phi) is 5.31. The first-order valence-electron chi connectivity index (χ1n) is 6.52. The maximum Gasteiger partial charge on any atom is 0.311 e. The highest BCUT2D eigenvalue weighted by Gasteiger charge is 2.47. The van der Waals surface area contributed by atoms with Crippen LogP contribution in [0.3, 0.4) is 0 Å². The summed E-state index contributed by atoms with van der Waals surface area (Å²) < 4.78 is 0. The number of nitrogens with zero attached hydrogens (tertiary/aromatic N) is 2. The fourth-order valence-electron chi connectivity index (χ4n) is 2.46. The zero-order valence-electron chi connectivity index (χ0n) is 11.5. The van der Waals surface area contributed by atoms with E-state index in [2.05, 4.69) is 5.32 Å². The summed E-state index contributed by atoms with van der Waals surface area (Å²) in [4.78, 5) is 24.9. The van der Waals surface area contributed by atoms with E-state index >= 15 is 0 Å². The molecular weight excluding hydrogens is 246 g/mol. The summed E-state index contributed by atoms with van der Waals surface area (Å²) in [7, 11) is 0. The second-order valence-electron chi connectivity index (χ2n) is 5.33. The van der Waals surface area contributed by atoms with Gasteiger partial charge in [0.25, 0.3) is 0 Å². The molecule has 1 rings (SSSR count). The van der Waals surface area contributed by atoms with E-state index in [9.17, 15) is 14.7 Å². The molecule has 0 aromatic heterocycles. The van der Waals surface area contributed by atoms with Crippen LogP contribution in [0.4, 0.5) is 0 Å². The van der Waals surface area contributed by atoms with Crippen molar-refractivity contribution in [1.29, 1.82) is 5.26 Å². The van der Waals surface area contributed by atoms with Crippen molar-refractivity contribution in [1.82, 2.24) is 10.2 Å². The number of carbonyl (C=O) groups excluding carboxylic acids is 1. The van der Waals surface area contributed by atoms with Gasteiger partial charge in [-0.05, 0) is 18.9 Å². The van der Waals surface area contributed by atoms with E-state index in [4.69, 9.17) is 5.26 Å². The molecule has 6 heteroatoms. The van der Waals surface area contributed by atoms with E-state index in [1.165, 1.54) is 0 Å². The fraction of sp³-hybridized carbons (Fsp3) is 0.769. The lowest BCUT2D eigenvalue weighted by Crippen LogP contribution is -2.42. The standard InChI is InChI=1S/C13H21N3O3/c1-10(2)13(12(18)19)4-7-16(9-13)8-11(17)15-6-3-5-14/h10H,3-4,6-9H2,1-2H3,(H,15,17)(H,18,19). The van der Waals surface area contributed by atoms with Crippen LogP contribution in [0.5, 0.6) is 0 Å². The van der Waals surface area contributed by atoms with Gasteiger partial charge < -0.3 is 10.4 Å². The topological polar surface area (TPSA) is 93.4 Å². The van der Waals surface area contributed by atoms with Crippen molar-refractivity contribution in [3.8, 4) is 6.07 Å². The predicted octanol–water partition coefficient (Wildman–Crippen LogP) is 0.449. The summed E-state index contributed by atoms with van der Waals surface area (Å²) in [6.07, 6.45) is 0.863. The van der Waals surface area contributed by atoms with E-state index in [-0.39, 0.29) is 24.8 Å². The first-order chi connectivity index (χ1) is 8.92. The number of nitriles is 1. The average molecular weight is 267 g/mol. The minimum Gasteiger partial charge on any atom is -0.481 e. The van der Waals surface area contributed by atoms with Crippen molar-refractivity contribution in [2.24, 2.45) is 11.3 Å². The van der Waals surface area contributed by atoms with Crippen LogP contribution in [0.1, 0.15) is 26.7 Å². The predicted molar refractivity (Wildman–Crippen MR) is 69.2 cm³/mol. The number of hydrogen-bond donors (Lipinski definition) is 2. The van der Waals surface area contributed by atoms with E-state index in [0.29, 0.717) is 26.1 Å². The third-order valence-electron chi connectivity index (χ3n) is 3.84. The van der Waals surface area contributed by atoms with Crippen LogP contribution in [0.2, 0.25) is 0 Å². The molecular formula is C13H21N3O3. The van der Waals surface area contributed by atoms with Crippen LogP contribution in [0.15, 0.2) is 0 Å². The van der Waals surface area contributed by atoms with Gasteiger partial charge in [-0.15, -0.1) is 0 Å². The molecule has 1 heterocycles. The Bertz CT molecular complexity index is 389. The van der Waals surface area contributed by atoms with E-state index < -0.39 is 11.4 Å². The van der Waals surface area contributed by atoms with Crippen LogP contribution >= 0.6 is 0 Å². The summed E-state index contributed by atoms with van der Waals surface area (Å²) in [6.45, 7) is 5.39. The summed E-state index contributed by atoms with van der Waals surface area (Å²) in [5.74, 6) is -0.897. The van der Waals surface area contributed by atoms with Gasteiger partial charge >= 0.3 is 5.97 Å². The average Bonchev–Trinajstić information content (AvgIpc) is 2.74. The van der Waals surface area contributed by atoms with Crippen molar-refractivity contribution >= 4 is 11.9 Å². The van der Waals surface area contributed by atoms with Gasteiger partial charge in [0.1, 0.15) is 0 Å². The number of carbonyl (C=O) groups is 2. The molecule has 1 atom stereocenters. The van der Waals surface area contributed by atoms with Crippen LogP contribution in [-0.2, 0) is 9.59 Å². The molecule has 0 saturated carbocycles. The molecule has 0 aromatic carbocycles. The van der Waals surface area contributed by atoms with Crippen LogP contribution < -0.4 is 5.32 Å². The Hall–Kier alpha value is -1.61. The molecule has 1 aliphatic heterocycles. The molecule has 1 unspecified atom stereocenters. The number of rotatable bonds is 6. The Labute approximate surface area is 113 Å². The molecule has 0 radical (unpaired) electrons. The number of hydrogen-bond acceptors (Lipinski definition) is 4. The lowest BCUT2D eigenvalue weighted by molar-refractivity contribution is -0.151. The Morgan fingerprint density at radius 1 is 1.53 bits per heavy atom. The van der Waals surface area contributed by atoms with Crippen molar-refractivity contribution < 1.29 is 14.7 Å². The van der Waals surface area contributed by atoms with E-state index in [0.717, 1.165) is 0 Å². The maximum absolute atomic E-state index is 11.6. The highest BCUT2D eigenvalue weighted by molar-refractivity contribution is 5.79. The third-order valence-corrected chi connectivity index (χ3v) is 3.84. The lowest BCUT2D eigenvalue weighted by atomic mass is 9.76. The normalized spacial score (nSPS) is 23.3. The van der Waals surface area contributed by atoms with E-state index in [1.54, 1.807) is 0 Å². The highest BCUT2D eigenvalue weighted by Crippen LogP contribution is 2.37. The highest BCUT2D eigenvalue weighted by atomic mass is 16.4. The number of amides is 1. The number of likely N-dealkylation sites (tertiary alicyclic amines) is 1. The Balaban J connectivity index is 2.50. The second kappa shape index (κ2) is 6.53. The Morgan fingerprint density at radius 3 is 2.68 bits per heavy atom. The monoisotopic (exact) mass is 267 g/mol. The van der Waals surface area contributed by atoms with Gasteiger partial charge in [0.2, 0.25) is 5.91 Å². The lowest BCUT2D eigenvalue weighted by Gasteiger charge is -2.28. The molecule has 0 aliphatic carbocycles. The maximum atomic E-state index is 11.6. The number of carboxylic acid groups (broad SMARTS) is 1. The smallest absolute Gasteiger partial charge is 0.311 e. The first kappa shape index (κ1) is 15.4. The molecule has 1 amide bonds. The minimum absolute atomic E-state index is 0.0386. The molecule has 1 saturated heterocycles. The molecule has 0 bridgehead atoms. The van der Waals surface area contributed by atoms with Crippen molar-refractivity contribution in [3.05, 3.63) is 0 Å². The number of carboxylic acids is 1. The summed E-state index contributed by atoms with van der Waals surface area (Å²) in [6, 6.07) is 1.95. The second-order valence-corrected chi connectivity index (χ2v) is 5.33. The molecule has 1 fully saturated rings. The van der Waals surface area contributed by atoms with Crippen molar-refractivity contribution in [2.75, 3.05) is 26.2 Å². The van der Waals surface area contributed by atoms with Crippen molar-refractivity contribution in [2.45, 2.75) is 26.7 Å². The molecule has 1 aliphatic rings. The molecule has 0 spiro atoms. The Morgan fingerprint density at radius 2 is 2.21 bits per heavy atom. The SMILES string of the molecule is CC(C)C1(C(=O)O)CCN(CC(=O)NCCC#N)C1. The van der Waals surface area contributed by atoms with Crippen LogP contribution in [-0.4, -0.2) is 48.1 Å². The minimum atomic E-state index is -0.783. The first-order valence-corrected chi connectivity index (χ1v) is 6.52. The van der Waals surface area contributed by atoms with Gasteiger partial charge in [-0.2, -0.15) is 5.26 Å². The molecule has 0 aromatic rings. The largest absolute Gasteiger partial charge is 0.481 e. The van der Waals surface area contributed by atoms with Crippen LogP contribution in [0.25, 0.3) is 0 Å². The summed E-state index contributed by atoms with van der Waals surface area (Å²) in [5.41, 5.74) is -0.743. The van der Waals surface area contributed by atoms with Gasteiger partial charge in [0, 0.05) is 13.1 Å². The van der Waals surface area contributed by atoms with Gasteiger partial charge in [-0.25, -0.2) is 0 Å². The zero-order valence-corrected chi connectivity index (χ0v) is 11.5. The fourth-order valence-corrected chi connectivity index (χ4v) is 2.46. The zero-order chi connectivity index (χ0) is 14.5. The van der Waals surface area contributed by atoms with E-state index in [1.807, 2.05) is 24.8 Å². The molecule has 6 nitrogen and oxygen atoms in total. The van der Waals surface area contributed by atoms with Gasteiger partial charge in [-0.1, -0.05) is 13.8 Å². The summed E-state index contributed by atoms with van der Waals surface area (Å²) in [5, 5.41) is 20.4. The van der Waals surface area contributed by atoms with Gasteiger partial charge in [-0.3, -0.25) is 14.5 Å². The number of aliphatic carboxylic acids is 1. The van der Waals surface area contributed by atoms with Gasteiger partial charge in [0.05, 0.1) is 24.4 Å². The molecule has 19 heavy (non-hydrogen) atoms. The molecule has 2 N–H and O–H groups in total. The summed E-state index contributed by atoms with van der Waals surface area (Å²) >= 11 is 0. The quantitative estimate of drug-likeness (QED) is 0.681. The van der Waals surface area contributed by atoms with Crippen molar-refractivity contribution in [3.63, 3.8) is 0 Å². The third kappa shape index (κ3) is 3.67.